The van der Waals surface area contributed by atoms with Gasteiger partial charge in [-0.25, -0.2) is 4.98 Å². The largest absolute Gasteiger partial charge is 0.367 e. The minimum absolute atomic E-state index is 0.0703. The van der Waals surface area contributed by atoms with Crippen LogP contribution in [0.4, 0.5) is 11.5 Å². The van der Waals surface area contributed by atoms with Crippen LogP contribution >= 0.6 is 0 Å². The lowest BCUT2D eigenvalue weighted by molar-refractivity contribution is -0.384. The molecule has 1 aromatic carbocycles. The molecular formula is C13H14N4O2. The van der Waals surface area contributed by atoms with E-state index in [1.807, 2.05) is 18.2 Å². The molecule has 0 amide bonds. The van der Waals surface area contributed by atoms with Crippen LogP contribution in [0.15, 0.2) is 42.5 Å². The average Bonchev–Trinajstić information content (AvgIpc) is 2.43. The monoisotopic (exact) mass is 258 g/mol. The van der Waals surface area contributed by atoms with Crippen molar-refractivity contribution in [1.29, 1.82) is 0 Å². The molecule has 98 valence electrons. The van der Waals surface area contributed by atoms with Crippen LogP contribution in [0.5, 0.6) is 0 Å². The van der Waals surface area contributed by atoms with Crippen LogP contribution in [0, 0.1) is 10.1 Å². The maximum absolute atomic E-state index is 10.7. The summed E-state index contributed by atoms with van der Waals surface area (Å²) in [5, 5.41) is 14.5. The number of nitro groups is 1. The van der Waals surface area contributed by atoms with E-state index in [9.17, 15) is 10.1 Å². The average molecular weight is 258 g/mol. The molecule has 0 bridgehead atoms. The van der Waals surface area contributed by atoms with E-state index in [-0.39, 0.29) is 5.69 Å². The van der Waals surface area contributed by atoms with Gasteiger partial charge in [0, 0.05) is 30.6 Å². The Hall–Kier alpha value is -2.47. The van der Waals surface area contributed by atoms with Gasteiger partial charge >= 0.3 is 0 Å². The zero-order chi connectivity index (χ0) is 13.7. The zero-order valence-corrected chi connectivity index (χ0v) is 10.2. The number of anilines is 1. The van der Waals surface area contributed by atoms with Crippen molar-refractivity contribution in [2.24, 2.45) is 5.73 Å². The minimum atomic E-state index is -0.413. The summed E-state index contributed by atoms with van der Waals surface area (Å²) in [5.74, 6) is 0.725. The van der Waals surface area contributed by atoms with Crippen LogP contribution in [0.2, 0.25) is 0 Å². The number of benzene rings is 1. The van der Waals surface area contributed by atoms with Crippen LogP contribution in [-0.4, -0.2) is 23.0 Å². The molecule has 19 heavy (non-hydrogen) atoms. The van der Waals surface area contributed by atoms with Crippen molar-refractivity contribution >= 4 is 22.4 Å². The first-order valence-corrected chi connectivity index (χ1v) is 5.85. The van der Waals surface area contributed by atoms with E-state index >= 15 is 0 Å². The number of fused-ring (bicyclic) bond motifs is 1. The Morgan fingerprint density at radius 3 is 2.89 bits per heavy atom. The van der Waals surface area contributed by atoms with Crippen molar-refractivity contribution in [2.45, 2.75) is 0 Å². The molecule has 0 aliphatic rings. The summed E-state index contributed by atoms with van der Waals surface area (Å²) in [4.78, 5) is 14.6. The summed E-state index contributed by atoms with van der Waals surface area (Å²) in [6.07, 6.45) is 3.78. The summed E-state index contributed by atoms with van der Waals surface area (Å²) in [5.41, 5.74) is 6.13. The second-order valence-electron chi connectivity index (χ2n) is 3.92. The highest BCUT2D eigenvalue weighted by atomic mass is 16.6. The van der Waals surface area contributed by atoms with Gasteiger partial charge in [0.25, 0.3) is 5.69 Å². The zero-order valence-electron chi connectivity index (χ0n) is 10.2. The first kappa shape index (κ1) is 13.0. The maximum Gasteiger partial charge on any atom is 0.270 e. The van der Waals surface area contributed by atoms with Gasteiger partial charge in [0.1, 0.15) is 5.82 Å². The molecule has 3 N–H and O–H groups in total. The van der Waals surface area contributed by atoms with Crippen LogP contribution in [0.1, 0.15) is 0 Å². The van der Waals surface area contributed by atoms with E-state index in [2.05, 4.69) is 10.3 Å². The standard InChI is InChI=1S/C13H14N4O2/c14-7-1-2-8-15-13-6-3-10-9-11(17(18)19)4-5-12(10)16-13/h1-6,9H,7-8,14H2,(H,15,16)/b2-1+. The van der Waals surface area contributed by atoms with E-state index in [0.717, 1.165) is 16.7 Å². The molecule has 0 saturated carbocycles. The van der Waals surface area contributed by atoms with Gasteiger partial charge in [0.05, 0.1) is 10.4 Å². The number of nitrogens with one attached hydrogen (secondary N) is 1. The minimum Gasteiger partial charge on any atom is -0.367 e. The van der Waals surface area contributed by atoms with Gasteiger partial charge < -0.3 is 11.1 Å². The lowest BCUT2D eigenvalue weighted by Gasteiger charge is -2.04. The number of non-ortho nitro benzene ring substituents is 1. The Kier molecular flexibility index (Phi) is 4.04. The molecule has 0 spiro atoms. The summed E-state index contributed by atoms with van der Waals surface area (Å²) >= 11 is 0. The molecule has 0 aliphatic carbocycles. The Balaban J connectivity index is 2.19. The third-order valence-corrected chi connectivity index (χ3v) is 2.59. The number of hydrogen-bond acceptors (Lipinski definition) is 5. The van der Waals surface area contributed by atoms with Crippen LogP contribution in [0.3, 0.4) is 0 Å². The number of nitrogens with two attached hydrogens (primary N) is 1. The second kappa shape index (κ2) is 5.92. The van der Waals surface area contributed by atoms with Gasteiger partial charge in [-0.05, 0) is 18.2 Å². The number of nitrogens with zero attached hydrogens (tertiary/aromatic N) is 2. The summed E-state index contributed by atoms with van der Waals surface area (Å²) in [6.45, 7) is 1.15. The van der Waals surface area contributed by atoms with Crippen molar-refractivity contribution < 1.29 is 4.92 Å². The lowest BCUT2D eigenvalue weighted by atomic mass is 10.2. The van der Waals surface area contributed by atoms with Crippen LogP contribution < -0.4 is 11.1 Å². The molecule has 6 heteroatoms. The van der Waals surface area contributed by atoms with Gasteiger partial charge in [-0.3, -0.25) is 10.1 Å². The highest BCUT2D eigenvalue weighted by Gasteiger charge is 2.06. The smallest absolute Gasteiger partial charge is 0.270 e. The van der Waals surface area contributed by atoms with Crippen molar-refractivity contribution in [3.05, 3.63) is 52.6 Å². The first-order valence-electron chi connectivity index (χ1n) is 5.85. The molecule has 0 unspecified atom stereocenters. The Labute approximate surface area is 110 Å². The van der Waals surface area contributed by atoms with Crippen LogP contribution in [0.25, 0.3) is 10.9 Å². The molecule has 1 heterocycles. The summed E-state index contributed by atoms with van der Waals surface area (Å²) in [7, 11) is 0. The number of pyridine rings is 1. The molecule has 0 saturated heterocycles. The normalized spacial score (nSPS) is 11.0. The summed E-state index contributed by atoms with van der Waals surface area (Å²) < 4.78 is 0. The van der Waals surface area contributed by atoms with Crippen molar-refractivity contribution in [1.82, 2.24) is 4.98 Å². The van der Waals surface area contributed by atoms with E-state index < -0.39 is 4.92 Å². The Morgan fingerprint density at radius 1 is 1.32 bits per heavy atom. The summed E-state index contributed by atoms with van der Waals surface area (Å²) in [6, 6.07) is 8.22. The first-order chi connectivity index (χ1) is 9.20. The Morgan fingerprint density at radius 2 is 2.16 bits per heavy atom. The highest BCUT2D eigenvalue weighted by Crippen LogP contribution is 2.20. The molecule has 0 atom stereocenters. The SMILES string of the molecule is NC/C=C/CNc1ccc2cc([N+](=O)[O-])ccc2n1. The fourth-order valence-electron chi connectivity index (χ4n) is 1.67. The number of aromatic nitrogens is 1. The van der Waals surface area contributed by atoms with Gasteiger partial charge in [-0.2, -0.15) is 0 Å². The van der Waals surface area contributed by atoms with E-state index in [4.69, 9.17) is 5.73 Å². The van der Waals surface area contributed by atoms with Crippen LogP contribution in [-0.2, 0) is 0 Å². The van der Waals surface area contributed by atoms with E-state index in [1.54, 1.807) is 12.1 Å². The Bertz CT molecular complexity index is 625. The van der Waals surface area contributed by atoms with Gasteiger partial charge in [-0.15, -0.1) is 0 Å². The van der Waals surface area contributed by atoms with Crippen molar-refractivity contribution in [3.8, 4) is 0 Å². The van der Waals surface area contributed by atoms with Gasteiger partial charge in [0.2, 0.25) is 0 Å². The van der Waals surface area contributed by atoms with Gasteiger partial charge in [-0.1, -0.05) is 12.2 Å². The molecule has 0 aliphatic heterocycles. The lowest BCUT2D eigenvalue weighted by Crippen LogP contribution is -2.02. The highest BCUT2D eigenvalue weighted by molar-refractivity contribution is 5.82. The third kappa shape index (κ3) is 3.26. The van der Waals surface area contributed by atoms with Crippen molar-refractivity contribution in [3.63, 3.8) is 0 Å². The second-order valence-corrected chi connectivity index (χ2v) is 3.92. The molecule has 2 rings (SSSR count). The number of hydrogen-bond donors (Lipinski definition) is 2. The predicted octanol–water partition coefficient (Wildman–Crippen LogP) is 2.07. The molecule has 0 fully saturated rings. The van der Waals surface area contributed by atoms with Gasteiger partial charge in [0.15, 0.2) is 0 Å². The van der Waals surface area contributed by atoms with E-state index in [0.29, 0.717) is 13.1 Å². The molecule has 0 radical (unpaired) electrons. The van der Waals surface area contributed by atoms with Crippen molar-refractivity contribution in [2.75, 3.05) is 18.4 Å². The third-order valence-electron chi connectivity index (χ3n) is 2.59. The molecule has 1 aromatic heterocycles. The molecule has 2 aromatic rings. The number of nitro benzene ring substituents is 1. The molecular weight excluding hydrogens is 244 g/mol. The van der Waals surface area contributed by atoms with E-state index in [1.165, 1.54) is 12.1 Å². The molecule has 6 nitrogen and oxygen atoms in total. The fraction of sp³-hybridized carbons (Fsp3) is 0.154. The topological polar surface area (TPSA) is 94.1 Å². The predicted molar refractivity (Wildman–Crippen MR) is 75.1 cm³/mol. The maximum atomic E-state index is 10.7. The fourth-order valence-corrected chi connectivity index (χ4v) is 1.67. The number of rotatable bonds is 5. The quantitative estimate of drug-likeness (QED) is 0.486.